The molecule has 4 rings (SSSR count). The predicted octanol–water partition coefficient (Wildman–Crippen LogP) is 6.73. The number of rotatable bonds is 4. The van der Waals surface area contributed by atoms with Gasteiger partial charge in [-0.2, -0.15) is 0 Å². The van der Waals surface area contributed by atoms with Gasteiger partial charge < -0.3 is 14.4 Å². The number of carbonyl (C=O) groups excluding carboxylic acids is 1. The number of ether oxygens (including phenoxy) is 2. The maximum absolute atomic E-state index is 12.7. The van der Waals surface area contributed by atoms with Gasteiger partial charge in [0, 0.05) is 35.1 Å². The second kappa shape index (κ2) is 11.1. The lowest BCUT2D eigenvalue weighted by Gasteiger charge is -2.40. The average molecular weight is 594 g/mol. The molecule has 0 radical (unpaired) electrons. The topological polar surface area (TPSA) is 42.0 Å². The smallest absolute Gasteiger partial charge is 0.410 e. The normalized spacial score (nSPS) is 21.6. The monoisotopic (exact) mass is 592 g/mol. The molecule has 0 N–H and O–H groups in total. The molecule has 1 amide bonds. The number of amides is 1. The van der Waals surface area contributed by atoms with Gasteiger partial charge in [0.25, 0.3) is 0 Å². The zero-order valence-corrected chi connectivity index (χ0v) is 23.4. The van der Waals surface area contributed by atoms with E-state index in [1.165, 1.54) is 11.1 Å². The summed E-state index contributed by atoms with van der Waals surface area (Å²) in [6.07, 6.45) is 2.82. The van der Waals surface area contributed by atoms with E-state index in [1.54, 1.807) is 0 Å². The summed E-state index contributed by atoms with van der Waals surface area (Å²) in [6, 6.07) is 15.2. The molecule has 34 heavy (non-hydrogen) atoms. The van der Waals surface area contributed by atoms with Crippen molar-refractivity contribution in [2.75, 3.05) is 26.2 Å². The number of carbonyl (C=O) groups is 1. The predicted molar refractivity (Wildman–Crippen MR) is 142 cm³/mol. The van der Waals surface area contributed by atoms with Crippen molar-refractivity contribution >= 4 is 38.0 Å². The highest BCUT2D eigenvalue weighted by Crippen LogP contribution is 2.37. The van der Waals surface area contributed by atoms with E-state index in [0.29, 0.717) is 13.2 Å². The van der Waals surface area contributed by atoms with Crippen LogP contribution in [-0.4, -0.2) is 53.8 Å². The van der Waals surface area contributed by atoms with Gasteiger partial charge >= 0.3 is 6.09 Å². The Morgan fingerprint density at radius 3 is 2.50 bits per heavy atom. The molecule has 2 unspecified atom stereocenters. The van der Waals surface area contributed by atoms with Crippen molar-refractivity contribution in [1.82, 2.24) is 9.80 Å². The van der Waals surface area contributed by atoms with Gasteiger partial charge in [0.1, 0.15) is 5.60 Å². The number of benzene rings is 2. The molecule has 0 saturated carbocycles. The SMILES string of the molecule is CC(C)(C)OC(=O)N1CCCN(C2c3ccccc3CCC2OCc2cc(Br)cc(Br)c2)CC1. The first-order valence-electron chi connectivity index (χ1n) is 12.1. The summed E-state index contributed by atoms with van der Waals surface area (Å²) in [5.41, 5.74) is 3.43. The number of hydrogen-bond donors (Lipinski definition) is 0. The first-order chi connectivity index (χ1) is 16.2. The number of nitrogens with zero attached hydrogens (tertiary/aromatic N) is 2. The Bertz CT molecular complexity index is 987. The van der Waals surface area contributed by atoms with Crippen LogP contribution >= 0.6 is 31.9 Å². The fraction of sp³-hybridized carbons (Fsp3) is 0.519. The van der Waals surface area contributed by atoms with Crippen molar-refractivity contribution in [2.45, 2.75) is 64.4 Å². The highest BCUT2D eigenvalue weighted by Gasteiger charge is 2.36. The molecule has 2 aromatic carbocycles. The van der Waals surface area contributed by atoms with Gasteiger partial charge in [-0.15, -0.1) is 0 Å². The van der Waals surface area contributed by atoms with Crippen LogP contribution < -0.4 is 0 Å². The van der Waals surface area contributed by atoms with E-state index in [1.807, 2.05) is 31.7 Å². The first kappa shape index (κ1) is 25.7. The molecule has 1 aliphatic heterocycles. The van der Waals surface area contributed by atoms with Crippen LogP contribution in [-0.2, 0) is 22.5 Å². The summed E-state index contributed by atoms with van der Waals surface area (Å²) in [4.78, 5) is 17.1. The van der Waals surface area contributed by atoms with Gasteiger partial charge in [0.15, 0.2) is 0 Å². The lowest BCUT2D eigenvalue weighted by Crippen LogP contribution is -2.43. The van der Waals surface area contributed by atoms with Crippen molar-refractivity contribution in [3.8, 4) is 0 Å². The Hall–Kier alpha value is -1.41. The fourth-order valence-electron chi connectivity index (χ4n) is 4.93. The summed E-state index contributed by atoms with van der Waals surface area (Å²) in [6.45, 7) is 9.44. The molecule has 2 aliphatic rings. The molecule has 184 valence electrons. The molecular weight excluding hydrogens is 560 g/mol. The highest BCUT2D eigenvalue weighted by atomic mass is 79.9. The van der Waals surface area contributed by atoms with Crippen molar-refractivity contribution < 1.29 is 14.3 Å². The molecule has 0 spiro atoms. The minimum atomic E-state index is -0.480. The minimum absolute atomic E-state index is 0.0979. The van der Waals surface area contributed by atoms with Crippen molar-refractivity contribution in [3.05, 3.63) is 68.1 Å². The fourth-order valence-corrected chi connectivity index (χ4v) is 6.32. The van der Waals surface area contributed by atoms with E-state index in [9.17, 15) is 4.79 Å². The molecular formula is C27H34Br2N2O3. The molecule has 2 aromatic rings. The Morgan fingerprint density at radius 2 is 1.76 bits per heavy atom. The average Bonchev–Trinajstić information content (AvgIpc) is 3.02. The molecule has 1 saturated heterocycles. The largest absolute Gasteiger partial charge is 0.444 e. The number of fused-ring (bicyclic) bond motifs is 1. The van der Waals surface area contributed by atoms with Crippen molar-refractivity contribution in [1.29, 1.82) is 0 Å². The van der Waals surface area contributed by atoms with Gasteiger partial charge in [-0.1, -0.05) is 56.1 Å². The van der Waals surface area contributed by atoms with Gasteiger partial charge in [0.05, 0.1) is 18.8 Å². The van der Waals surface area contributed by atoms with Gasteiger partial charge in [-0.05, 0) is 74.9 Å². The lowest BCUT2D eigenvalue weighted by atomic mass is 9.84. The standard InChI is InChI=1S/C27H34Br2N2O3/c1-27(2,3)34-26(32)31-12-6-11-30(13-14-31)25-23-8-5-4-7-20(23)9-10-24(25)33-18-19-15-21(28)17-22(29)16-19/h4-5,7-8,15-17,24-25H,6,9-14,18H2,1-3H3. The van der Waals surface area contributed by atoms with Crippen LogP contribution in [0.15, 0.2) is 51.4 Å². The third-order valence-electron chi connectivity index (χ3n) is 6.39. The molecule has 1 heterocycles. The number of aryl methyl sites for hydroxylation is 1. The van der Waals surface area contributed by atoms with E-state index < -0.39 is 5.60 Å². The number of hydrogen-bond acceptors (Lipinski definition) is 4. The van der Waals surface area contributed by atoms with Crippen LogP contribution in [0.25, 0.3) is 0 Å². The Morgan fingerprint density at radius 1 is 1.03 bits per heavy atom. The Labute approximate surface area is 220 Å². The van der Waals surface area contributed by atoms with E-state index in [4.69, 9.17) is 9.47 Å². The maximum Gasteiger partial charge on any atom is 0.410 e. The van der Waals surface area contributed by atoms with Crippen molar-refractivity contribution in [2.24, 2.45) is 0 Å². The zero-order chi connectivity index (χ0) is 24.3. The molecule has 5 nitrogen and oxygen atoms in total. The van der Waals surface area contributed by atoms with E-state index in [0.717, 1.165) is 53.4 Å². The summed E-state index contributed by atoms with van der Waals surface area (Å²) >= 11 is 7.17. The lowest BCUT2D eigenvalue weighted by molar-refractivity contribution is -0.0343. The van der Waals surface area contributed by atoms with Gasteiger partial charge in [-0.25, -0.2) is 4.79 Å². The summed E-state index contributed by atoms with van der Waals surface area (Å²) in [5, 5.41) is 0. The molecule has 0 aromatic heterocycles. The second-order valence-corrected chi connectivity index (χ2v) is 12.0. The Kier molecular flexibility index (Phi) is 8.39. The second-order valence-electron chi connectivity index (χ2n) is 10.2. The maximum atomic E-state index is 12.7. The van der Waals surface area contributed by atoms with Gasteiger partial charge in [0.2, 0.25) is 0 Å². The van der Waals surface area contributed by atoms with Crippen LogP contribution in [0, 0.1) is 0 Å². The minimum Gasteiger partial charge on any atom is -0.444 e. The summed E-state index contributed by atoms with van der Waals surface area (Å²) in [5.74, 6) is 0. The van der Waals surface area contributed by atoms with Crippen LogP contribution in [0.1, 0.15) is 56.3 Å². The van der Waals surface area contributed by atoms with Gasteiger partial charge in [-0.3, -0.25) is 4.90 Å². The molecule has 1 fully saturated rings. The zero-order valence-electron chi connectivity index (χ0n) is 20.2. The van der Waals surface area contributed by atoms with E-state index in [-0.39, 0.29) is 18.2 Å². The summed E-state index contributed by atoms with van der Waals surface area (Å²) in [7, 11) is 0. The van der Waals surface area contributed by atoms with Crippen LogP contribution in [0.4, 0.5) is 4.79 Å². The van der Waals surface area contributed by atoms with E-state index in [2.05, 4.69) is 73.2 Å². The molecule has 2 atom stereocenters. The van der Waals surface area contributed by atoms with Crippen LogP contribution in [0.2, 0.25) is 0 Å². The van der Waals surface area contributed by atoms with Crippen molar-refractivity contribution in [3.63, 3.8) is 0 Å². The first-order valence-corrected chi connectivity index (χ1v) is 13.6. The Balaban J connectivity index is 1.50. The quantitative estimate of drug-likeness (QED) is 0.394. The number of halogens is 2. The molecule has 7 heteroatoms. The van der Waals surface area contributed by atoms with Crippen LogP contribution in [0.3, 0.4) is 0 Å². The third-order valence-corrected chi connectivity index (χ3v) is 7.30. The molecule has 1 aliphatic carbocycles. The highest BCUT2D eigenvalue weighted by molar-refractivity contribution is 9.11. The summed E-state index contributed by atoms with van der Waals surface area (Å²) < 4.78 is 14.3. The van der Waals surface area contributed by atoms with Crippen LogP contribution in [0.5, 0.6) is 0 Å². The molecule has 0 bridgehead atoms. The van der Waals surface area contributed by atoms with E-state index >= 15 is 0 Å². The third kappa shape index (κ3) is 6.62.